The fourth-order valence-corrected chi connectivity index (χ4v) is 2.43. The number of rotatable bonds is 6. The maximum Gasteiger partial charge on any atom is 0.255 e. The van der Waals surface area contributed by atoms with Crippen LogP contribution in [0.5, 0.6) is 17.2 Å². The van der Waals surface area contributed by atoms with Gasteiger partial charge in [0.15, 0.2) is 11.5 Å². The van der Waals surface area contributed by atoms with Crippen molar-refractivity contribution in [1.29, 1.82) is 0 Å². The molecule has 0 unspecified atom stereocenters. The Balaban J connectivity index is 2.36. The zero-order valence-electron chi connectivity index (χ0n) is 14.3. The highest BCUT2D eigenvalue weighted by Crippen LogP contribution is 2.38. The summed E-state index contributed by atoms with van der Waals surface area (Å²) < 4.78 is 15.8. The lowest BCUT2D eigenvalue weighted by molar-refractivity contribution is 0.102. The number of hydrogen-bond donors (Lipinski definition) is 2. The number of anilines is 2. The Hall–Kier alpha value is -2.89. The SMILES string of the molecule is CCc1cc(N)ccc1NC(=O)c1cc(OC)c(OC)c(OC)c1. The van der Waals surface area contributed by atoms with Gasteiger partial charge in [-0.3, -0.25) is 4.79 Å². The third-order valence-electron chi connectivity index (χ3n) is 3.69. The smallest absolute Gasteiger partial charge is 0.255 e. The number of amides is 1. The molecule has 0 fully saturated rings. The number of carbonyl (C=O) groups is 1. The minimum atomic E-state index is -0.270. The highest BCUT2D eigenvalue weighted by atomic mass is 16.5. The molecule has 0 aliphatic rings. The van der Waals surface area contributed by atoms with Gasteiger partial charge in [0.25, 0.3) is 5.91 Å². The van der Waals surface area contributed by atoms with Crippen LogP contribution < -0.4 is 25.3 Å². The molecule has 0 heterocycles. The molecular weight excluding hydrogens is 308 g/mol. The first-order chi connectivity index (χ1) is 11.5. The van der Waals surface area contributed by atoms with Gasteiger partial charge in [0.05, 0.1) is 21.3 Å². The summed E-state index contributed by atoms with van der Waals surface area (Å²) in [6.45, 7) is 2.00. The standard InChI is InChI=1S/C18H22N2O4/c1-5-11-8-13(19)6-7-14(11)20-18(21)12-9-15(22-2)17(24-4)16(10-12)23-3/h6-10H,5,19H2,1-4H3,(H,20,21). The zero-order valence-corrected chi connectivity index (χ0v) is 14.3. The molecule has 0 aliphatic heterocycles. The highest BCUT2D eigenvalue weighted by Gasteiger charge is 2.17. The minimum absolute atomic E-state index is 0.270. The van der Waals surface area contributed by atoms with Crippen LogP contribution in [0.15, 0.2) is 30.3 Å². The van der Waals surface area contributed by atoms with Crippen molar-refractivity contribution in [3.05, 3.63) is 41.5 Å². The van der Waals surface area contributed by atoms with Crippen molar-refractivity contribution >= 4 is 17.3 Å². The van der Waals surface area contributed by atoms with Crippen molar-refractivity contribution in [3.8, 4) is 17.2 Å². The molecule has 0 atom stereocenters. The van der Waals surface area contributed by atoms with Crippen LogP contribution in [-0.4, -0.2) is 27.2 Å². The molecule has 0 aromatic heterocycles. The van der Waals surface area contributed by atoms with Gasteiger partial charge in [-0.15, -0.1) is 0 Å². The molecule has 0 bridgehead atoms. The van der Waals surface area contributed by atoms with Gasteiger partial charge in [0.2, 0.25) is 5.75 Å². The molecule has 0 spiro atoms. The van der Waals surface area contributed by atoms with E-state index in [1.165, 1.54) is 21.3 Å². The second-order valence-corrected chi connectivity index (χ2v) is 5.14. The summed E-state index contributed by atoms with van der Waals surface area (Å²) in [5, 5.41) is 2.90. The summed E-state index contributed by atoms with van der Waals surface area (Å²) in [5.41, 5.74) is 8.56. The fourth-order valence-electron chi connectivity index (χ4n) is 2.43. The lowest BCUT2D eigenvalue weighted by Crippen LogP contribution is -2.14. The quantitative estimate of drug-likeness (QED) is 0.795. The summed E-state index contributed by atoms with van der Waals surface area (Å²) in [4.78, 5) is 12.6. The van der Waals surface area contributed by atoms with Crippen molar-refractivity contribution in [2.45, 2.75) is 13.3 Å². The van der Waals surface area contributed by atoms with Crippen LogP contribution in [-0.2, 0) is 6.42 Å². The second-order valence-electron chi connectivity index (χ2n) is 5.14. The molecule has 2 aromatic rings. The Labute approximate surface area is 141 Å². The van der Waals surface area contributed by atoms with Gasteiger partial charge < -0.3 is 25.3 Å². The maximum atomic E-state index is 12.6. The van der Waals surface area contributed by atoms with Crippen LogP contribution in [0.3, 0.4) is 0 Å². The average molecular weight is 330 g/mol. The van der Waals surface area contributed by atoms with Crippen molar-refractivity contribution in [1.82, 2.24) is 0 Å². The predicted octanol–water partition coefficient (Wildman–Crippen LogP) is 3.11. The Morgan fingerprint density at radius 2 is 1.67 bits per heavy atom. The van der Waals surface area contributed by atoms with Crippen LogP contribution >= 0.6 is 0 Å². The summed E-state index contributed by atoms with van der Waals surface area (Å²) in [6.07, 6.45) is 0.760. The summed E-state index contributed by atoms with van der Waals surface area (Å²) in [7, 11) is 4.53. The van der Waals surface area contributed by atoms with Gasteiger partial charge in [-0.1, -0.05) is 6.92 Å². The van der Waals surface area contributed by atoms with Gasteiger partial charge in [0.1, 0.15) is 0 Å². The molecule has 3 N–H and O–H groups in total. The number of hydrogen-bond acceptors (Lipinski definition) is 5. The largest absolute Gasteiger partial charge is 0.493 e. The van der Waals surface area contributed by atoms with Crippen molar-refractivity contribution in [2.24, 2.45) is 0 Å². The molecule has 0 saturated heterocycles. The van der Waals surface area contributed by atoms with Gasteiger partial charge in [-0.2, -0.15) is 0 Å². The number of benzene rings is 2. The van der Waals surface area contributed by atoms with E-state index in [1.54, 1.807) is 24.3 Å². The normalized spacial score (nSPS) is 10.2. The number of ether oxygens (including phenoxy) is 3. The molecule has 0 aliphatic carbocycles. The van der Waals surface area contributed by atoms with E-state index in [0.717, 1.165) is 17.7 Å². The molecule has 128 valence electrons. The first-order valence-corrected chi connectivity index (χ1v) is 7.53. The molecule has 2 rings (SSSR count). The third kappa shape index (κ3) is 3.53. The Kier molecular flexibility index (Phi) is 5.52. The first-order valence-electron chi connectivity index (χ1n) is 7.53. The van der Waals surface area contributed by atoms with Crippen LogP contribution in [0, 0.1) is 0 Å². The van der Waals surface area contributed by atoms with Crippen LogP contribution in [0.4, 0.5) is 11.4 Å². The number of carbonyl (C=O) groups excluding carboxylic acids is 1. The van der Waals surface area contributed by atoms with E-state index in [1.807, 2.05) is 13.0 Å². The van der Waals surface area contributed by atoms with Crippen molar-refractivity contribution in [2.75, 3.05) is 32.4 Å². The van der Waals surface area contributed by atoms with E-state index in [4.69, 9.17) is 19.9 Å². The molecule has 6 nitrogen and oxygen atoms in total. The maximum absolute atomic E-state index is 12.6. The Morgan fingerprint density at radius 3 is 2.17 bits per heavy atom. The van der Waals surface area contributed by atoms with Crippen LogP contribution in [0.2, 0.25) is 0 Å². The number of aryl methyl sites for hydroxylation is 1. The lowest BCUT2D eigenvalue weighted by atomic mass is 10.1. The van der Waals surface area contributed by atoms with Crippen molar-refractivity contribution < 1.29 is 19.0 Å². The monoisotopic (exact) mass is 330 g/mol. The molecule has 2 aromatic carbocycles. The van der Waals surface area contributed by atoms with E-state index in [0.29, 0.717) is 28.5 Å². The van der Waals surface area contributed by atoms with Gasteiger partial charge in [0, 0.05) is 16.9 Å². The molecule has 1 amide bonds. The van der Waals surface area contributed by atoms with E-state index >= 15 is 0 Å². The average Bonchev–Trinajstić information content (AvgIpc) is 2.61. The van der Waals surface area contributed by atoms with Gasteiger partial charge in [-0.25, -0.2) is 0 Å². The molecule has 6 heteroatoms. The van der Waals surface area contributed by atoms with Crippen LogP contribution in [0.25, 0.3) is 0 Å². The summed E-state index contributed by atoms with van der Waals surface area (Å²) in [5.74, 6) is 1.03. The van der Waals surface area contributed by atoms with Crippen LogP contribution in [0.1, 0.15) is 22.8 Å². The number of nitrogen functional groups attached to an aromatic ring is 1. The summed E-state index contributed by atoms with van der Waals surface area (Å²) >= 11 is 0. The number of nitrogens with one attached hydrogen (secondary N) is 1. The number of nitrogens with two attached hydrogens (primary N) is 1. The van der Waals surface area contributed by atoms with Gasteiger partial charge >= 0.3 is 0 Å². The first kappa shape index (κ1) is 17.5. The zero-order chi connectivity index (χ0) is 17.7. The van der Waals surface area contributed by atoms with Crippen molar-refractivity contribution in [3.63, 3.8) is 0 Å². The molecule has 0 radical (unpaired) electrons. The Morgan fingerprint density at radius 1 is 1.04 bits per heavy atom. The topological polar surface area (TPSA) is 82.8 Å². The fraction of sp³-hybridized carbons (Fsp3) is 0.278. The molecular formula is C18H22N2O4. The predicted molar refractivity (Wildman–Crippen MR) is 94.3 cm³/mol. The van der Waals surface area contributed by atoms with E-state index < -0.39 is 0 Å². The minimum Gasteiger partial charge on any atom is -0.493 e. The molecule has 24 heavy (non-hydrogen) atoms. The second kappa shape index (κ2) is 7.59. The summed E-state index contributed by atoms with van der Waals surface area (Å²) in [6, 6.07) is 8.62. The van der Waals surface area contributed by atoms with E-state index in [9.17, 15) is 4.79 Å². The highest BCUT2D eigenvalue weighted by molar-refractivity contribution is 6.05. The van der Waals surface area contributed by atoms with Gasteiger partial charge in [-0.05, 0) is 42.3 Å². The molecule has 0 saturated carbocycles. The lowest BCUT2D eigenvalue weighted by Gasteiger charge is -2.15. The number of methoxy groups -OCH3 is 3. The Bertz CT molecular complexity index is 719. The third-order valence-corrected chi connectivity index (χ3v) is 3.69. The van der Waals surface area contributed by atoms with E-state index in [2.05, 4.69) is 5.32 Å². The van der Waals surface area contributed by atoms with E-state index in [-0.39, 0.29) is 5.91 Å².